The molecule has 0 spiro atoms. The number of hydrogen-bond donors (Lipinski definition) is 1. The van der Waals surface area contributed by atoms with Crippen LogP contribution in [0.25, 0.3) is 11.1 Å². The second kappa shape index (κ2) is 7.31. The van der Waals surface area contributed by atoms with Crippen LogP contribution in [0.2, 0.25) is 0 Å². The fourth-order valence-electron chi connectivity index (χ4n) is 3.53. The third-order valence-electron chi connectivity index (χ3n) is 4.77. The van der Waals surface area contributed by atoms with Gasteiger partial charge in [0.2, 0.25) is 0 Å². The van der Waals surface area contributed by atoms with Crippen molar-refractivity contribution < 1.29 is 0 Å². The number of aromatic nitrogens is 1. The van der Waals surface area contributed by atoms with Crippen molar-refractivity contribution >= 4 is 21.7 Å². The molecule has 4 heteroatoms. The number of pyridine rings is 1. The zero-order chi connectivity index (χ0) is 17.9. The van der Waals surface area contributed by atoms with E-state index < -0.39 is 0 Å². The first-order valence-electron chi connectivity index (χ1n) is 8.76. The molecule has 0 fully saturated rings. The number of nitrogens with one attached hydrogen (secondary N) is 1. The summed E-state index contributed by atoms with van der Waals surface area (Å²) in [4.78, 5) is 4.80. The Morgan fingerprint density at radius 2 is 1.81 bits per heavy atom. The van der Waals surface area contributed by atoms with Gasteiger partial charge in [-0.3, -0.25) is 0 Å². The minimum atomic E-state index is 0.643. The van der Waals surface area contributed by atoms with Crippen molar-refractivity contribution in [2.45, 2.75) is 25.8 Å². The summed E-state index contributed by atoms with van der Waals surface area (Å²) in [6.07, 6.45) is 3.06. The van der Waals surface area contributed by atoms with Gasteiger partial charge < -0.3 is 5.32 Å². The Kier molecular flexibility index (Phi) is 4.73. The molecule has 3 aromatic rings. The molecule has 1 N–H and O–H groups in total. The van der Waals surface area contributed by atoms with Gasteiger partial charge >= 0.3 is 0 Å². The number of rotatable bonds is 4. The van der Waals surface area contributed by atoms with Gasteiger partial charge in [-0.15, -0.1) is 0 Å². The number of nitriles is 1. The minimum absolute atomic E-state index is 0.643. The molecule has 0 unspecified atom stereocenters. The smallest absolute Gasteiger partial charge is 0.145 e. The van der Waals surface area contributed by atoms with E-state index in [0.717, 1.165) is 40.6 Å². The number of halogens is 1. The first kappa shape index (κ1) is 16.8. The maximum absolute atomic E-state index is 9.90. The quantitative estimate of drug-likeness (QED) is 0.626. The molecular weight excluding hydrogens is 386 g/mol. The summed E-state index contributed by atoms with van der Waals surface area (Å²) < 4.78 is 1.04. The Morgan fingerprint density at radius 3 is 2.54 bits per heavy atom. The Morgan fingerprint density at radius 1 is 1.04 bits per heavy atom. The van der Waals surface area contributed by atoms with Gasteiger partial charge in [0, 0.05) is 22.3 Å². The van der Waals surface area contributed by atoms with E-state index in [4.69, 9.17) is 4.98 Å². The summed E-state index contributed by atoms with van der Waals surface area (Å²) in [5.74, 6) is 0.690. The van der Waals surface area contributed by atoms with Crippen molar-refractivity contribution in [3.8, 4) is 17.2 Å². The van der Waals surface area contributed by atoms with Crippen LogP contribution in [0.1, 0.15) is 28.8 Å². The van der Waals surface area contributed by atoms with E-state index in [1.54, 1.807) is 0 Å². The van der Waals surface area contributed by atoms with Gasteiger partial charge in [0.15, 0.2) is 0 Å². The Labute approximate surface area is 161 Å². The van der Waals surface area contributed by atoms with E-state index in [9.17, 15) is 5.26 Å². The van der Waals surface area contributed by atoms with Crippen LogP contribution in [-0.2, 0) is 19.4 Å². The summed E-state index contributed by atoms with van der Waals surface area (Å²) in [5, 5.41) is 13.3. The zero-order valence-electron chi connectivity index (χ0n) is 14.3. The first-order chi connectivity index (χ1) is 12.8. The van der Waals surface area contributed by atoms with E-state index in [1.807, 2.05) is 30.3 Å². The topological polar surface area (TPSA) is 48.7 Å². The molecule has 1 aliphatic carbocycles. The molecule has 1 aromatic heterocycles. The molecule has 0 saturated carbocycles. The van der Waals surface area contributed by atoms with Crippen molar-refractivity contribution in [3.05, 3.63) is 81.5 Å². The summed E-state index contributed by atoms with van der Waals surface area (Å²) in [7, 11) is 0. The standard InChI is InChI=1S/C22H18BrN3/c23-17-11-9-16(10-12-17)21-18-7-4-8-20(18)26-22(19(21)13-24)25-14-15-5-2-1-3-6-15/h1-3,5-6,9-12H,4,7-8,14H2,(H,25,26). The number of anilines is 1. The average molecular weight is 404 g/mol. The molecule has 128 valence electrons. The van der Waals surface area contributed by atoms with Gasteiger partial charge in [0.05, 0.1) is 0 Å². The highest BCUT2D eigenvalue weighted by Gasteiger charge is 2.24. The summed E-state index contributed by atoms with van der Waals surface area (Å²) in [6, 6.07) is 20.8. The van der Waals surface area contributed by atoms with Crippen LogP contribution in [0, 0.1) is 11.3 Å². The monoisotopic (exact) mass is 403 g/mol. The Bertz CT molecular complexity index is 973. The highest BCUT2D eigenvalue weighted by Crippen LogP contribution is 2.37. The molecule has 26 heavy (non-hydrogen) atoms. The highest BCUT2D eigenvalue weighted by molar-refractivity contribution is 9.10. The van der Waals surface area contributed by atoms with Crippen molar-refractivity contribution in [2.75, 3.05) is 5.32 Å². The molecule has 1 aliphatic rings. The number of nitrogens with zero attached hydrogens (tertiary/aromatic N) is 2. The molecule has 0 aliphatic heterocycles. The average Bonchev–Trinajstić information content (AvgIpc) is 3.15. The number of benzene rings is 2. The lowest BCUT2D eigenvalue weighted by molar-refractivity contribution is 0.899. The highest BCUT2D eigenvalue weighted by atomic mass is 79.9. The third-order valence-corrected chi connectivity index (χ3v) is 5.30. The summed E-state index contributed by atoms with van der Waals surface area (Å²) in [5.41, 5.74) is 6.28. The van der Waals surface area contributed by atoms with E-state index in [1.165, 1.54) is 11.1 Å². The Hall–Kier alpha value is -2.64. The van der Waals surface area contributed by atoms with E-state index in [2.05, 4.69) is 51.6 Å². The molecule has 2 aromatic carbocycles. The van der Waals surface area contributed by atoms with Gasteiger partial charge in [-0.2, -0.15) is 5.26 Å². The van der Waals surface area contributed by atoms with E-state index >= 15 is 0 Å². The summed E-state index contributed by atoms with van der Waals surface area (Å²) >= 11 is 3.49. The fraction of sp³-hybridized carbons (Fsp3) is 0.182. The molecule has 3 nitrogen and oxygen atoms in total. The third kappa shape index (κ3) is 3.23. The maximum atomic E-state index is 9.90. The molecule has 4 rings (SSSR count). The van der Waals surface area contributed by atoms with Crippen LogP contribution in [0.3, 0.4) is 0 Å². The molecule has 1 heterocycles. The number of hydrogen-bond acceptors (Lipinski definition) is 3. The van der Waals surface area contributed by atoms with Gasteiger partial charge in [-0.1, -0.05) is 58.4 Å². The molecule has 0 saturated heterocycles. The largest absolute Gasteiger partial charge is 0.365 e. The van der Waals surface area contributed by atoms with E-state index in [0.29, 0.717) is 17.9 Å². The van der Waals surface area contributed by atoms with Gasteiger partial charge in [-0.25, -0.2) is 4.98 Å². The molecule has 0 amide bonds. The Balaban J connectivity index is 1.79. The van der Waals surface area contributed by atoms with Crippen molar-refractivity contribution in [3.63, 3.8) is 0 Å². The minimum Gasteiger partial charge on any atom is -0.365 e. The van der Waals surface area contributed by atoms with E-state index in [-0.39, 0.29) is 0 Å². The molecule has 0 bridgehead atoms. The summed E-state index contributed by atoms with van der Waals surface area (Å²) in [6.45, 7) is 0.654. The van der Waals surface area contributed by atoms with Crippen LogP contribution in [0.5, 0.6) is 0 Å². The number of aryl methyl sites for hydroxylation is 1. The van der Waals surface area contributed by atoms with Crippen LogP contribution < -0.4 is 5.32 Å². The van der Waals surface area contributed by atoms with Gasteiger partial charge in [0.25, 0.3) is 0 Å². The predicted octanol–water partition coefficient (Wildman–Crippen LogP) is 5.48. The van der Waals surface area contributed by atoms with Crippen LogP contribution in [0.15, 0.2) is 59.1 Å². The lowest BCUT2D eigenvalue weighted by atomic mass is 9.94. The normalized spacial score (nSPS) is 12.5. The van der Waals surface area contributed by atoms with Crippen LogP contribution >= 0.6 is 15.9 Å². The second-order valence-corrected chi connectivity index (χ2v) is 7.36. The fourth-order valence-corrected chi connectivity index (χ4v) is 3.80. The molecule has 0 atom stereocenters. The molecule has 0 radical (unpaired) electrons. The van der Waals surface area contributed by atoms with Crippen molar-refractivity contribution in [1.82, 2.24) is 4.98 Å². The van der Waals surface area contributed by atoms with Crippen molar-refractivity contribution in [1.29, 1.82) is 5.26 Å². The SMILES string of the molecule is N#Cc1c(NCc2ccccc2)nc2c(c1-c1ccc(Br)cc1)CCC2. The van der Waals surface area contributed by atoms with Gasteiger partial charge in [-0.05, 0) is 48.1 Å². The zero-order valence-corrected chi connectivity index (χ0v) is 15.9. The second-order valence-electron chi connectivity index (χ2n) is 6.45. The number of fused-ring (bicyclic) bond motifs is 1. The van der Waals surface area contributed by atoms with Crippen LogP contribution in [-0.4, -0.2) is 4.98 Å². The first-order valence-corrected chi connectivity index (χ1v) is 9.55. The van der Waals surface area contributed by atoms with Crippen molar-refractivity contribution in [2.24, 2.45) is 0 Å². The maximum Gasteiger partial charge on any atom is 0.145 e. The lowest BCUT2D eigenvalue weighted by Gasteiger charge is -2.16. The molecular formula is C22H18BrN3. The van der Waals surface area contributed by atoms with Gasteiger partial charge in [0.1, 0.15) is 17.5 Å². The van der Waals surface area contributed by atoms with Crippen LogP contribution in [0.4, 0.5) is 5.82 Å². The lowest BCUT2D eigenvalue weighted by Crippen LogP contribution is -2.07. The predicted molar refractivity (Wildman–Crippen MR) is 108 cm³/mol.